The number of H-pyrrole nitrogens is 1. The third kappa shape index (κ3) is 3.48. The molecule has 3 heteroatoms. The maximum absolute atomic E-state index is 9.11. The van der Waals surface area contributed by atoms with Crippen LogP contribution in [0.2, 0.25) is 0 Å². The molecule has 1 aliphatic carbocycles. The lowest BCUT2D eigenvalue weighted by molar-refractivity contribution is 0.282. The van der Waals surface area contributed by atoms with Crippen LogP contribution in [0.4, 0.5) is 0 Å². The fraction of sp³-hybridized carbons (Fsp3) is 0.364. The lowest BCUT2D eigenvalue weighted by Crippen LogP contribution is -2.35. The standard InChI is InChI=1S/C22H26N2O/c1-15-2-8-21-19(12-15)20-13-18(7-9-22(20)24-21)23-11-10-16-3-5-17(14-25)6-4-16/h2-6,8,12,18,23-25H,7,9-11,13-14H2,1H3. The monoisotopic (exact) mass is 334 g/mol. The van der Waals surface area contributed by atoms with Gasteiger partial charge in [-0.3, -0.25) is 0 Å². The van der Waals surface area contributed by atoms with E-state index in [2.05, 4.69) is 47.6 Å². The Morgan fingerprint density at radius 1 is 1.12 bits per heavy atom. The van der Waals surface area contributed by atoms with Crippen molar-refractivity contribution in [1.29, 1.82) is 0 Å². The molecule has 0 aliphatic heterocycles. The van der Waals surface area contributed by atoms with Crippen LogP contribution in [-0.4, -0.2) is 22.7 Å². The van der Waals surface area contributed by atoms with Crippen molar-refractivity contribution < 1.29 is 5.11 Å². The Morgan fingerprint density at radius 2 is 1.92 bits per heavy atom. The van der Waals surface area contributed by atoms with Crippen LogP contribution >= 0.6 is 0 Å². The first-order chi connectivity index (χ1) is 12.2. The van der Waals surface area contributed by atoms with Crippen LogP contribution in [0, 0.1) is 6.92 Å². The summed E-state index contributed by atoms with van der Waals surface area (Å²) >= 11 is 0. The molecule has 1 heterocycles. The molecular weight excluding hydrogens is 308 g/mol. The molecule has 1 aromatic heterocycles. The molecule has 0 radical (unpaired) electrons. The lowest BCUT2D eigenvalue weighted by atomic mass is 9.91. The average Bonchev–Trinajstić information content (AvgIpc) is 3.00. The predicted octanol–water partition coefficient (Wildman–Crippen LogP) is 3.66. The summed E-state index contributed by atoms with van der Waals surface area (Å²) in [7, 11) is 0. The third-order valence-electron chi connectivity index (χ3n) is 5.40. The van der Waals surface area contributed by atoms with Gasteiger partial charge in [0.15, 0.2) is 0 Å². The van der Waals surface area contributed by atoms with E-state index < -0.39 is 0 Å². The van der Waals surface area contributed by atoms with Crippen molar-refractivity contribution >= 4 is 10.9 Å². The van der Waals surface area contributed by atoms with Gasteiger partial charge in [0, 0.05) is 22.6 Å². The molecule has 1 unspecified atom stereocenters. The first-order valence-corrected chi connectivity index (χ1v) is 9.25. The Balaban J connectivity index is 1.38. The smallest absolute Gasteiger partial charge is 0.0681 e. The fourth-order valence-electron chi connectivity index (χ4n) is 3.94. The van der Waals surface area contributed by atoms with Gasteiger partial charge in [-0.15, -0.1) is 0 Å². The van der Waals surface area contributed by atoms with E-state index in [1.807, 2.05) is 12.1 Å². The Kier molecular flexibility index (Phi) is 4.60. The van der Waals surface area contributed by atoms with E-state index in [1.54, 1.807) is 0 Å². The maximum atomic E-state index is 9.11. The normalized spacial score (nSPS) is 17.0. The number of hydrogen-bond acceptors (Lipinski definition) is 2. The number of hydrogen-bond donors (Lipinski definition) is 3. The van der Waals surface area contributed by atoms with Crippen LogP contribution in [0.15, 0.2) is 42.5 Å². The summed E-state index contributed by atoms with van der Waals surface area (Å²) in [6.07, 6.45) is 4.47. The minimum atomic E-state index is 0.118. The molecule has 130 valence electrons. The zero-order valence-corrected chi connectivity index (χ0v) is 14.8. The second kappa shape index (κ2) is 7.03. The van der Waals surface area contributed by atoms with Gasteiger partial charge in [0.05, 0.1) is 6.61 Å². The Labute approximate surface area is 149 Å². The SMILES string of the molecule is Cc1ccc2[nH]c3c(c2c1)CC(NCCc1ccc(CO)cc1)CC3. The summed E-state index contributed by atoms with van der Waals surface area (Å²) in [6, 6.07) is 15.5. The molecule has 25 heavy (non-hydrogen) atoms. The van der Waals surface area contributed by atoms with Gasteiger partial charge in [-0.25, -0.2) is 0 Å². The average molecular weight is 334 g/mol. The van der Waals surface area contributed by atoms with Crippen LogP contribution in [0.3, 0.4) is 0 Å². The zero-order valence-electron chi connectivity index (χ0n) is 14.8. The highest BCUT2D eigenvalue weighted by Crippen LogP contribution is 2.29. The van der Waals surface area contributed by atoms with Gasteiger partial charge in [-0.05, 0) is 68.0 Å². The molecule has 3 aromatic rings. The van der Waals surface area contributed by atoms with Gasteiger partial charge in [0.25, 0.3) is 0 Å². The summed E-state index contributed by atoms with van der Waals surface area (Å²) in [5.74, 6) is 0. The molecule has 3 N–H and O–H groups in total. The van der Waals surface area contributed by atoms with Crippen molar-refractivity contribution in [3.8, 4) is 0 Å². The highest BCUT2D eigenvalue weighted by Gasteiger charge is 2.22. The highest BCUT2D eigenvalue weighted by molar-refractivity contribution is 5.85. The Hall–Kier alpha value is -2.10. The van der Waals surface area contributed by atoms with Crippen molar-refractivity contribution in [3.05, 3.63) is 70.4 Å². The quantitative estimate of drug-likeness (QED) is 0.667. The number of aryl methyl sites for hydroxylation is 2. The van der Waals surface area contributed by atoms with Gasteiger partial charge in [-0.1, -0.05) is 35.9 Å². The van der Waals surface area contributed by atoms with Gasteiger partial charge in [0.1, 0.15) is 0 Å². The van der Waals surface area contributed by atoms with Gasteiger partial charge in [-0.2, -0.15) is 0 Å². The van der Waals surface area contributed by atoms with E-state index in [4.69, 9.17) is 5.11 Å². The lowest BCUT2D eigenvalue weighted by Gasteiger charge is -2.24. The topological polar surface area (TPSA) is 48.0 Å². The number of aliphatic hydroxyl groups excluding tert-OH is 1. The molecule has 4 rings (SSSR count). The number of aliphatic hydroxyl groups is 1. The van der Waals surface area contributed by atoms with E-state index in [0.717, 1.165) is 31.4 Å². The molecule has 1 atom stereocenters. The van der Waals surface area contributed by atoms with Gasteiger partial charge >= 0.3 is 0 Å². The van der Waals surface area contributed by atoms with Gasteiger partial charge < -0.3 is 15.4 Å². The second-order valence-electron chi connectivity index (χ2n) is 7.25. The van der Waals surface area contributed by atoms with Crippen LogP contribution in [-0.2, 0) is 25.9 Å². The molecule has 0 bridgehead atoms. The van der Waals surface area contributed by atoms with Crippen molar-refractivity contribution in [2.24, 2.45) is 0 Å². The number of benzene rings is 2. The third-order valence-corrected chi connectivity index (χ3v) is 5.40. The van der Waals surface area contributed by atoms with Crippen LogP contribution < -0.4 is 5.32 Å². The van der Waals surface area contributed by atoms with Crippen molar-refractivity contribution in [2.75, 3.05) is 6.54 Å². The number of fused-ring (bicyclic) bond motifs is 3. The molecule has 0 spiro atoms. The van der Waals surface area contributed by atoms with Crippen molar-refractivity contribution in [1.82, 2.24) is 10.3 Å². The number of aromatic nitrogens is 1. The van der Waals surface area contributed by atoms with Crippen LogP contribution in [0.5, 0.6) is 0 Å². The second-order valence-corrected chi connectivity index (χ2v) is 7.25. The molecule has 0 saturated carbocycles. The van der Waals surface area contributed by atoms with E-state index in [9.17, 15) is 0 Å². The molecular formula is C22H26N2O. The van der Waals surface area contributed by atoms with E-state index in [0.29, 0.717) is 6.04 Å². The van der Waals surface area contributed by atoms with Crippen LogP contribution in [0.1, 0.15) is 34.4 Å². The molecule has 2 aromatic carbocycles. The molecule has 0 fully saturated rings. The number of rotatable bonds is 5. The van der Waals surface area contributed by atoms with Crippen molar-refractivity contribution in [3.63, 3.8) is 0 Å². The summed E-state index contributed by atoms with van der Waals surface area (Å²) in [5.41, 5.74) is 7.85. The number of nitrogens with one attached hydrogen (secondary N) is 2. The Bertz CT molecular complexity index is 864. The maximum Gasteiger partial charge on any atom is 0.0681 e. The van der Waals surface area contributed by atoms with E-state index in [-0.39, 0.29) is 6.61 Å². The van der Waals surface area contributed by atoms with E-state index >= 15 is 0 Å². The van der Waals surface area contributed by atoms with Crippen molar-refractivity contribution in [2.45, 2.75) is 45.3 Å². The molecule has 0 saturated heterocycles. The minimum absolute atomic E-state index is 0.118. The van der Waals surface area contributed by atoms with E-state index in [1.165, 1.54) is 39.7 Å². The predicted molar refractivity (Wildman–Crippen MR) is 103 cm³/mol. The van der Waals surface area contributed by atoms with Crippen LogP contribution in [0.25, 0.3) is 10.9 Å². The zero-order chi connectivity index (χ0) is 17.2. The fourth-order valence-corrected chi connectivity index (χ4v) is 3.94. The highest BCUT2D eigenvalue weighted by atomic mass is 16.3. The summed E-state index contributed by atoms with van der Waals surface area (Å²) in [4.78, 5) is 3.61. The largest absolute Gasteiger partial charge is 0.392 e. The first kappa shape index (κ1) is 16.4. The summed E-state index contributed by atoms with van der Waals surface area (Å²) < 4.78 is 0. The van der Waals surface area contributed by atoms with Gasteiger partial charge in [0.2, 0.25) is 0 Å². The molecule has 1 aliphatic rings. The molecule has 0 amide bonds. The summed E-state index contributed by atoms with van der Waals surface area (Å²) in [6.45, 7) is 3.28. The first-order valence-electron chi connectivity index (χ1n) is 9.25. The minimum Gasteiger partial charge on any atom is -0.392 e. The Morgan fingerprint density at radius 3 is 2.72 bits per heavy atom. The molecule has 3 nitrogen and oxygen atoms in total. The summed E-state index contributed by atoms with van der Waals surface area (Å²) in [5, 5.41) is 14.3. The number of aromatic amines is 1.